The Balaban J connectivity index is 2.23. The Bertz CT molecular complexity index is 770. The van der Waals surface area contributed by atoms with Crippen molar-refractivity contribution in [2.75, 3.05) is 6.61 Å². The van der Waals surface area contributed by atoms with Crippen molar-refractivity contribution in [2.24, 2.45) is 5.92 Å². The van der Waals surface area contributed by atoms with E-state index in [-0.39, 0.29) is 12.4 Å². The number of nitriles is 1. The van der Waals surface area contributed by atoms with Gasteiger partial charge in [-0.3, -0.25) is 9.59 Å². The van der Waals surface area contributed by atoms with Gasteiger partial charge in [-0.1, -0.05) is 25.1 Å². The number of hydrogen-bond acceptors (Lipinski definition) is 5. The van der Waals surface area contributed by atoms with Gasteiger partial charge in [0.05, 0.1) is 18.2 Å². The second-order valence-corrected chi connectivity index (χ2v) is 6.82. The number of ketones is 1. The molecule has 2 rings (SSSR count). The van der Waals surface area contributed by atoms with Gasteiger partial charge in [-0.2, -0.15) is 5.26 Å². The highest BCUT2D eigenvalue weighted by Gasteiger charge is 2.28. The van der Waals surface area contributed by atoms with Crippen LogP contribution in [0.5, 0.6) is 0 Å². The van der Waals surface area contributed by atoms with Crippen LogP contribution in [0.4, 0.5) is 0 Å². The van der Waals surface area contributed by atoms with Crippen LogP contribution in [0, 0.1) is 17.2 Å². The van der Waals surface area contributed by atoms with E-state index >= 15 is 0 Å². The van der Waals surface area contributed by atoms with Crippen molar-refractivity contribution in [1.82, 2.24) is 0 Å². The van der Waals surface area contributed by atoms with Gasteiger partial charge in [-0.05, 0) is 31.5 Å². The summed E-state index contributed by atoms with van der Waals surface area (Å²) in [5.41, 5.74) is 1.48. The maximum absolute atomic E-state index is 12.3. The lowest BCUT2D eigenvalue weighted by Crippen LogP contribution is -2.27. The van der Waals surface area contributed by atoms with Crippen molar-refractivity contribution < 1.29 is 14.3 Å². The van der Waals surface area contributed by atoms with Gasteiger partial charge in [0.25, 0.3) is 0 Å². The Kier molecular flexibility index (Phi) is 6.91. The molecule has 5 heteroatoms. The van der Waals surface area contributed by atoms with E-state index in [1.54, 1.807) is 13.0 Å². The summed E-state index contributed by atoms with van der Waals surface area (Å²) < 4.78 is 5.07. The fraction of sp³-hybridized carbons (Fsp3) is 0.350. The van der Waals surface area contributed by atoms with E-state index in [0.717, 1.165) is 15.3 Å². The van der Waals surface area contributed by atoms with Crippen LogP contribution < -0.4 is 0 Å². The highest BCUT2D eigenvalue weighted by molar-refractivity contribution is 7.15. The van der Waals surface area contributed by atoms with Crippen LogP contribution in [0.3, 0.4) is 0 Å². The van der Waals surface area contributed by atoms with Gasteiger partial charge in [-0.25, -0.2) is 0 Å². The molecule has 0 spiro atoms. The number of rotatable bonds is 8. The maximum atomic E-state index is 12.3. The lowest BCUT2D eigenvalue weighted by atomic mass is 9.96. The van der Waals surface area contributed by atoms with Crippen LogP contribution in [0.25, 0.3) is 10.4 Å². The van der Waals surface area contributed by atoms with E-state index in [4.69, 9.17) is 4.74 Å². The van der Waals surface area contributed by atoms with E-state index in [1.165, 1.54) is 11.3 Å². The summed E-state index contributed by atoms with van der Waals surface area (Å²) in [7, 11) is 0. The zero-order valence-corrected chi connectivity index (χ0v) is 15.3. The minimum Gasteiger partial charge on any atom is -0.465 e. The van der Waals surface area contributed by atoms with Crippen molar-refractivity contribution in [1.29, 1.82) is 5.26 Å². The van der Waals surface area contributed by atoms with Crippen molar-refractivity contribution in [3.63, 3.8) is 0 Å². The molecule has 0 bridgehead atoms. The summed E-state index contributed by atoms with van der Waals surface area (Å²) in [6.07, 6.45) is 1.43. The molecule has 1 heterocycles. The molecule has 1 atom stereocenters. The van der Waals surface area contributed by atoms with Gasteiger partial charge in [0.15, 0.2) is 0 Å². The summed E-state index contributed by atoms with van der Waals surface area (Å²) in [6.45, 7) is 3.92. The van der Waals surface area contributed by atoms with Crippen LogP contribution in [0.2, 0.25) is 0 Å². The molecule has 0 saturated carbocycles. The second-order valence-electron chi connectivity index (χ2n) is 5.65. The Labute approximate surface area is 152 Å². The van der Waals surface area contributed by atoms with Crippen molar-refractivity contribution in [3.05, 3.63) is 46.8 Å². The number of Topliss-reactive ketones (excluding diaryl/α,β-unsaturated/α-hetero) is 1. The predicted octanol–water partition coefficient (Wildman–Crippen LogP) is 4.38. The summed E-state index contributed by atoms with van der Waals surface area (Å²) in [5, 5.41) is 9.24. The van der Waals surface area contributed by atoms with Crippen LogP contribution in [-0.4, -0.2) is 18.4 Å². The molecule has 0 radical (unpaired) electrons. The molecule has 0 amide bonds. The molecule has 0 fully saturated rings. The number of ether oxygens (including phenoxy) is 1. The standard InChI is InChI=1S/C20H21NO3S/c1-3-7-18(22)17(20(23)24-4-2)12-15-10-11-19(25-15)16-9-6-5-8-14(16)13-21/h5-6,8-11,17H,3-4,7,12H2,1-2H3. The Morgan fingerprint density at radius 2 is 1.96 bits per heavy atom. The first-order valence-electron chi connectivity index (χ1n) is 8.38. The molecule has 0 aliphatic carbocycles. The summed E-state index contributed by atoms with van der Waals surface area (Å²) in [5.74, 6) is -1.28. The van der Waals surface area contributed by atoms with Gasteiger partial charge in [0, 0.05) is 28.2 Å². The molecule has 130 valence electrons. The minimum absolute atomic E-state index is 0.0756. The monoisotopic (exact) mass is 355 g/mol. The van der Waals surface area contributed by atoms with E-state index in [9.17, 15) is 14.9 Å². The number of carbonyl (C=O) groups excluding carboxylic acids is 2. The normalized spacial score (nSPS) is 11.6. The molecule has 4 nitrogen and oxygen atoms in total. The topological polar surface area (TPSA) is 67.2 Å². The van der Waals surface area contributed by atoms with Crippen LogP contribution in [-0.2, 0) is 20.7 Å². The molecule has 1 aromatic heterocycles. The third-order valence-corrected chi connectivity index (χ3v) is 4.98. The van der Waals surface area contributed by atoms with E-state index in [2.05, 4.69) is 6.07 Å². The van der Waals surface area contributed by atoms with Crippen molar-refractivity contribution >= 4 is 23.1 Å². The van der Waals surface area contributed by atoms with Crippen LogP contribution >= 0.6 is 11.3 Å². The average molecular weight is 355 g/mol. The Morgan fingerprint density at radius 3 is 2.64 bits per heavy atom. The first-order chi connectivity index (χ1) is 12.1. The van der Waals surface area contributed by atoms with Crippen LogP contribution in [0.15, 0.2) is 36.4 Å². The first kappa shape index (κ1) is 18.9. The number of hydrogen-bond donors (Lipinski definition) is 0. The second kappa shape index (κ2) is 9.14. The third kappa shape index (κ3) is 4.77. The number of nitrogens with zero attached hydrogens (tertiary/aromatic N) is 1. The van der Waals surface area contributed by atoms with E-state index < -0.39 is 11.9 Å². The van der Waals surface area contributed by atoms with Crippen molar-refractivity contribution in [2.45, 2.75) is 33.1 Å². The molecule has 1 unspecified atom stereocenters. The van der Waals surface area contributed by atoms with Gasteiger partial charge in [0.1, 0.15) is 11.7 Å². The van der Waals surface area contributed by atoms with Gasteiger partial charge < -0.3 is 4.74 Å². The average Bonchev–Trinajstić information content (AvgIpc) is 3.08. The van der Waals surface area contributed by atoms with Gasteiger partial charge >= 0.3 is 5.97 Å². The predicted molar refractivity (Wildman–Crippen MR) is 98.2 cm³/mol. The first-order valence-corrected chi connectivity index (χ1v) is 9.19. The largest absolute Gasteiger partial charge is 0.465 e. The SMILES string of the molecule is CCCC(=O)C(Cc1ccc(-c2ccccc2C#N)s1)C(=O)OCC. The van der Waals surface area contributed by atoms with Crippen LogP contribution in [0.1, 0.15) is 37.1 Å². The quantitative estimate of drug-likeness (QED) is 0.521. The Hall–Kier alpha value is -2.45. The molecular formula is C20H21NO3S. The van der Waals surface area contributed by atoms with Crippen molar-refractivity contribution in [3.8, 4) is 16.5 Å². The molecule has 2 aromatic rings. The maximum Gasteiger partial charge on any atom is 0.316 e. The molecule has 25 heavy (non-hydrogen) atoms. The fourth-order valence-corrected chi connectivity index (χ4v) is 3.71. The third-order valence-electron chi connectivity index (χ3n) is 3.84. The number of esters is 1. The number of thiophene rings is 1. The molecule has 0 aliphatic rings. The lowest BCUT2D eigenvalue weighted by molar-refractivity contribution is -0.151. The molecular weight excluding hydrogens is 334 g/mol. The molecule has 0 saturated heterocycles. The zero-order valence-electron chi connectivity index (χ0n) is 14.5. The molecule has 0 aliphatic heterocycles. The van der Waals surface area contributed by atoms with Gasteiger partial charge in [0.2, 0.25) is 0 Å². The number of benzene rings is 1. The lowest BCUT2D eigenvalue weighted by Gasteiger charge is -2.13. The molecule has 0 N–H and O–H groups in total. The smallest absolute Gasteiger partial charge is 0.316 e. The minimum atomic E-state index is -0.752. The van der Waals surface area contributed by atoms with E-state index in [1.807, 2.05) is 37.3 Å². The highest BCUT2D eigenvalue weighted by atomic mass is 32.1. The van der Waals surface area contributed by atoms with E-state index in [0.29, 0.717) is 24.8 Å². The zero-order chi connectivity index (χ0) is 18.2. The van der Waals surface area contributed by atoms with Gasteiger partial charge in [-0.15, -0.1) is 11.3 Å². The summed E-state index contributed by atoms with van der Waals surface area (Å²) in [6, 6.07) is 13.4. The fourth-order valence-electron chi connectivity index (χ4n) is 2.62. The highest BCUT2D eigenvalue weighted by Crippen LogP contribution is 2.32. The molecule has 1 aromatic carbocycles. The summed E-state index contributed by atoms with van der Waals surface area (Å²) in [4.78, 5) is 26.4. The summed E-state index contributed by atoms with van der Waals surface area (Å²) >= 11 is 1.50. The Morgan fingerprint density at radius 1 is 1.20 bits per heavy atom. The number of carbonyl (C=O) groups is 2.